The largest absolute Gasteiger partial charge is 0.420 e. The Morgan fingerprint density at radius 3 is 2.79 bits per heavy atom. The van der Waals surface area contributed by atoms with Crippen LogP contribution in [0.5, 0.6) is 5.75 Å². The van der Waals surface area contributed by atoms with E-state index in [0.29, 0.717) is 17.3 Å². The molecule has 1 aliphatic rings. The van der Waals surface area contributed by atoms with Crippen LogP contribution in [0.3, 0.4) is 0 Å². The molecule has 2 aromatic rings. The zero-order valence-electron chi connectivity index (χ0n) is 10.4. The van der Waals surface area contributed by atoms with Crippen LogP contribution >= 0.6 is 11.6 Å². The minimum Gasteiger partial charge on any atom is -0.410 e. The molecule has 0 saturated heterocycles. The maximum Gasteiger partial charge on any atom is 0.420 e. The number of para-hydroxylation sites is 1. The Morgan fingerprint density at radius 1 is 1.21 bits per heavy atom. The second kappa shape index (κ2) is 4.59. The molecule has 96 valence electrons. The van der Waals surface area contributed by atoms with Crippen molar-refractivity contribution >= 4 is 23.4 Å². The molecule has 0 atom stereocenters. The lowest BCUT2D eigenvalue weighted by molar-refractivity contribution is 0.203. The molecule has 1 aliphatic heterocycles. The number of aryl methyl sites for hydroxylation is 1. The number of nitrogens with zero attached hydrogens (tertiary/aromatic N) is 1. The fourth-order valence-corrected chi connectivity index (χ4v) is 2.40. The topological polar surface area (TPSA) is 29.5 Å². The second-order valence-corrected chi connectivity index (χ2v) is 4.93. The van der Waals surface area contributed by atoms with Gasteiger partial charge in [0, 0.05) is 10.6 Å². The van der Waals surface area contributed by atoms with Gasteiger partial charge in [0.2, 0.25) is 0 Å². The summed E-state index contributed by atoms with van der Waals surface area (Å²) in [5, 5.41) is 0.640. The number of hydrogen-bond acceptors (Lipinski definition) is 2. The molecule has 19 heavy (non-hydrogen) atoms. The Morgan fingerprint density at radius 2 is 2.00 bits per heavy atom. The summed E-state index contributed by atoms with van der Waals surface area (Å²) in [6.45, 7) is 2.44. The summed E-state index contributed by atoms with van der Waals surface area (Å²) in [5.41, 5.74) is 2.80. The summed E-state index contributed by atoms with van der Waals surface area (Å²) in [5.74, 6) is 0.583. The first kappa shape index (κ1) is 12.1. The van der Waals surface area contributed by atoms with Gasteiger partial charge in [0.1, 0.15) is 5.75 Å². The van der Waals surface area contributed by atoms with Crippen LogP contribution in [0.4, 0.5) is 10.5 Å². The average Bonchev–Trinajstić information content (AvgIpc) is 2.39. The van der Waals surface area contributed by atoms with E-state index < -0.39 is 0 Å². The standard InChI is InChI=1S/C15H12ClNO2/c1-10-4-2-3-5-13(10)17-9-11-8-12(16)6-7-14(11)19-15(17)18/h2-8H,9H2,1H3. The average molecular weight is 274 g/mol. The van der Waals surface area contributed by atoms with Crippen LogP contribution in [0.2, 0.25) is 5.02 Å². The molecule has 0 saturated carbocycles. The number of anilines is 1. The van der Waals surface area contributed by atoms with Gasteiger partial charge < -0.3 is 4.74 Å². The lowest BCUT2D eigenvalue weighted by atomic mass is 10.1. The fourth-order valence-electron chi connectivity index (χ4n) is 2.20. The van der Waals surface area contributed by atoms with Crippen molar-refractivity contribution in [3.05, 3.63) is 58.6 Å². The molecule has 1 amide bonds. The summed E-state index contributed by atoms with van der Waals surface area (Å²) in [6.07, 6.45) is -0.357. The number of fused-ring (bicyclic) bond motifs is 1. The van der Waals surface area contributed by atoms with Crippen LogP contribution in [-0.2, 0) is 6.54 Å². The lowest BCUT2D eigenvalue weighted by Gasteiger charge is -2.29. The monoisotopic (exact) mass is 273 g/mol. The molecule has 1 heterocycles. The Kier molecular flexibility index (Phi) is 2.91. The van der Waals surface area contributed by atoms with Crippen molar-refractivity contribution in [3.8, 4) is 5.75 Å². The first-order valence-electron chi connectivity index (χ1n) is 5.98. The molecule has 0 radical (unpaired) electrons. The molecule has 2 aromatic carbocycles. The van der Waals surface area contributed by atoms with Crippen LogP contribution in [0, 0.1) is 6.92 Å². The molecule has 4 heteroatoms. The van der Waals surface area contributed by atoms with Gasteiger partial charge in [0.25, 0.3) is 0 Å². The van der Waals surface area contributed by atoms with E-state index in [0.717, 1.165) is 16.8 Å². The van der Waals surface area contributed by atoms with E-state index in [1.54, 1.807) is 17.0 Å². The van der Waals surface area contributed by atoms with Gasteiger partial charge in [-0.2, -0.15) is 0 Å². The highest BCUT2D eigenvalue weighted by molar-refractivity contribution is 6.30. The molecule has 0 aromatic heterocycles. The van der Waals surface area contributed by atoms with Gasteiger partial charge in [-0.1, -0.05) is 29.8 Å². The normalized spacial score (nSPS) is 14.0. The molecule has 0 spiro atoms. The van der Waals surface area contributed by atoms with Crippen molar-refractivity contribution in [1.82, 2.24) is 0 Å². The van der Waals surface area contributed by atoms with Crippen molar-refractivity contribution in [1.29, 1.82) is 0 Å². The highest BCUT2D eigenvalue weighted by Crippen LogP contribution is 2.32. The van der Waals surface area contributed by atoms with E-state index in [2.05, 4.69) is 0 Å². The van der Waals surface area contributed by atoms with E-state index in [1.165, 1.54) is 0 Å². The van der Waals surface area contributed by atoms with Crippen molar-refractivity contribution < 1.29 is 9.53 Å². The third-order valence-corrected chi connectivity index (χ3v) is 3.41. The van der Waals surface area contributed by atoms with Crippen LogP contribution in [0.25, 0.3) is 0 Å². The molecular formula is C15H12ClNO2. The molecule has 0 bridgehead atoms. The molecule has 0 N–H and O–H groups in total. The summed E-state index contributed by atoms with van der Waals surface area (Å²) in [4.78, 5) is 13.7. The van der Waals surface area contributed by atoms with Crippen molar-refractivity contribution in [2.24, 2.45) is 0 Å². The van der Waals surface area contributed by atoms with Gasteiger partial charge in [-0.05, 0) is 36.8 Å². The van der Waals surface area contributed by atoms with Gasteiger partial charge in [-0.15, -0.1) is 0 Å². The highest BCUT2D eigenvalue weighted by atomic mass is 35.5. The molecule has 3 rings (SSSR count). The van der Waals surface area contributed by atoms with E-state index in [-0.39, 0.29) is 6.09 Å². The summed E-state index contributed by atoms with van der Waals surface area (Å²) in [7, 11) is 0. The third kappa shape index (κ3) is 2.17. The zero-order chi connectivity index (χ0) is 13.4. The minimum absolute atomic E-state index is 0.357. The summed E-state index contributed by atoms with van der Waals surface area (Å²) in [6, 6.07) is 13.0. The fraction of sp³-hybridized carbons (Fsp3) is 0.133. The molecular weight excluding hydrogens is 262 g/mol. The molecule has 0 aliphatic carbocycles. The molecule has 0 fully saturated rings. The van der Waals surface area contributed by atoms with E-state index in [9.17, 15) is 4.79 Å². The SMILES string of the molecule is Cc1ccccc1N1Cc2cc(Cl)ccc2OC1=O. The lowest BCUT2D eigenvalue weighted by Crippen LogP contribution is -2.37. The number of benzene rings is 2. The summed E-state index contributed by atoms with van der Waals surface area (Å²) < 4.78 is 5.34. The third-order valence-electron chi connectivity index (χ3n) is 3.17. The van der Waals surface area contributed by atoms with E-state index >= 15 is 0 Å². The maximum atomic E-state index is 12.1. The Hall–Kier alpha value is -2.00. The van der Waals surface area contributed by atoms with Gasteiger partial charge in [0.05, 0.1) is 12.2 Å². The number of hydrogen-bond donors (Lipinski definition) is 0. The number of amides is 1. The highest BCUT2D eigenvalue weighted by Gasteiger charge is 2.27. The summed E-state index contributed by atoms with van der Waals surface area (Å²) >= 11 is 5.98. The Balaban J connectivity index is 2.02. The van der Waals surface area contributed by atoms with Gasteiger partial charge in [-0.3, -0.25) is 4.90 Å². The van der Waals surface area contributed by atoms with E-state index in [4.69, 9.17) is 16.3 Å². The predicted octanol–water partition coefficient (Wildman–Crippen LogP) is 4.17. The number of halogens is 1. The molecule has 3 nitrogen and oxygen atoms in total. The Bertz CT molecular complexity index is 654. The number of carbonyl (C=O) groups is 1. The van der Waals surface area contributed by atoms with Crippen LogP contribution in [0.15, 0.2) is 42.5 Å². The second-order valence-electron chi connectivity index (χ2n) is 4.49. The zero-order valence-corrected chi connectivity index (χ0v) is 11.1. The van der Waals surface area contributed by atoms with Crippen molar-refractivity contribution in [2.75, 3.05) is 4.90 Å². The number of rotatable bonds is 1. The minimum atomic E-state index is -0.357. The smallest absolute Gasteiger partial charge is 0.410 e. The number of ether oxygens (including phenoxy) is 1. The number of carbonyl (C=O) groups excluding carboxylic acids is 1. The van der Waals surface area contributed by atoms with Crippen molar-refractivity contribution in [3.63, 3.8) is 0 Å². The predicted molar refractivity (Wildman–Crippen MR) is 74.8 cm³/mol. The van der Waals surface area contributed by atoms with Gasteiger partial charge in [0.15, 0.2) is 0 Å². The van der Waals surface area contributed by atoms with Gasteiger partial charge in [-0.25, -0.2) is 4.79 Å². The molecule has 0 unspecified atom stereocenters. The van der Waals surface area contributed by atoms with Crippen LogP contribution in [0.1, 0.15) is 11.1 Å². The first-order chi connectivity index (χ1) is 9.15. The first-order valence-corrected chi connectivity index (χ1v) is 6.36. The van der Waals surface area contributed by atoms with Crippen molar-refractivity contribution in [2.45, 2.75) is 13.5 Å². The Labute approximate surface area is 116 Å². The quantitative estimate of drug-likeness (QED) is 0.780. The maximum absolute atomic E-state index is 12.1. The van der Waals surface area contributed by atoms with Gasteiger partial charge >= 0.3 is 6.09 Å². The van der Waals surface area contributed by atoms with E-state index in [1.807, 2.05) is 37.3 Å². The van der Waals surface area contributed by atoms with Crippen LogP contribution < -0.4 is 9.64 Å². The van der Waals surface area contributed by atoms with Crippen LogP contribution in [-0.4, -0.2) is 6.09 Å².